The highest BCUT2D eigenvalue weighted by Gasteiger charge is 2.26. The van der Waals surface area contributed by atoms with E-state index in [-0.39, 0.29) is 6.09 Å². The number of rotatable bonds is 5. The number of nitrogens with one attached hydrogen (secondary N) is 2. The second-order valence-corrected chi connectivity index (χ2v) is 8.96. The van der Waals surface area contributed by atoms with Gasteiger partial charge in [0.15, 0.2) is 0 Å². The molecule has 2 N–H and O–H groups in total. The molecule has 6 heteroatoms. The van der Waals surface area contributed by atoms with E-state index in [4.69, 9.17) is 4.74 Å². The van der Waals surface area contributed by atoms with Crippen LogP contribution in [0.25, 0.3) is 0 Å². The topological polar surface area (TPSA) is 50.4 Å². The lowest BCUT2D eigenvalue weighted by Crippen LogP contribution is -2.44. The van der Waals surface area contributed by atoms with Gasteiger partial charge in [-0.25, -0.2) is 4.79 Å². The first-order chi connectivity index (χ1) is 10.8. The maximum atomic E-state index is 11.8. The lowest BCUT2D eigenvalue weighted by Gasteiger charge is -2.32. The number of halogens is 1. The number of hydrogen-bond donors (Lipinski definition) is 2. The van der Waals surface area contributed by atoms with Gasteiger partial charge in [0, 0.05) is 28.5 Å². The third kappa shape index (κ3) is 6.43. The zero-order valence-electron chi connectivity index (χ0n) is 14.2. The zero-order chi connectivity index (χ0) is 16.9. The molecule has 0 radical (unpaired) electrons. The molecule has 1 amide bonds. The van der Waals surface area contributed by atoms with Crippen molar-refractivity contribution >= 4 is 33.4 Å². The van der Waals surface area contributed by atoms with Crippen molar-refractivity contribution in [3.63, 3.8) is 0 Å². The van der Waals surface area contributed by atoms with Gasteiger partial charge in [0.25, 0.3) is 0 Å². The van der Waals surface area contributed by atoms with Gasteiger partial charge >= 0.3 is 6.09 Å². The van der Waals surface area contributed by atoms with E-state index in [2.05, 4.69) is 38.0 Å². The summed E-state index contributed by atoms with van der Waals surface area (Å²) in [6, 6.07) is 2.54. The van der Waals surface area contributed by atoms with E-state index in [0.29, 0.717) is 18.5 Å². The standard InChI is InChI=1S/C17H27BrN2O2S/c1-17(2,3)22-16(21)20-10-12-6-4-5-7-14(12)19-11-15-13(18)8-9-23-15/h8-9,12,14,19H,4-7,10-11H2,1-3H3,(H,20,21). The van der Waals surface area contributed by atoms with Crippen LogP contribution in [0.15, 0.2) is 15.9 Å². The number of amides is 1. The fraction of sp³-hybridized carbons (Fsp3) is 0.706. The predicted octanol–water partition coefficient (Wildman–Crippen LogP) is 4.68. The molecular weight excluding hydrogens is 376 g/mol. The first-order valence-electron chi connectivity index (χ1n) is 8.27. The van der Waals surface area contributed by atoms with E-state index in [1.165, 1.54) is 28.6 Å². The van der Waals surface area contributed by atoms with Crippen LogP contribution in [0.5, 0.6) is 0 Å². The Kier molecular flexibility index (Phi) is 6.92. The molecule has 130 valence electrons. The summed E-state index contributed by atoms with van der Waals surface area (Å²) in [4.78, 5) is 13.2. The van der Waals surface area contributed by atoms with E-state index < -0.39 is 5.60 Å². The van der Waals surface area contributed by atoms with Crippen LogP contribution in [-0.4, -0.2) is 24.3 Å². The Balaban J connectivity index is 1.81. The number of hydrogen-bond acceptors (Lipinski definition) is 4. The van der Waals surface area contributed by atoms with Crippen molar-refractivity contribution in [3.8, 4) is 0 Å². The SMILES string of the molecule is CC(C)(C)OC(=O)NCC1CCCCC1NCc1sccc1Br. The molecule has 0 bridgehead atoms. The molecule has 0 saturated heterocycles. The predicted molar refractivity (Wildman–Crippen MR) is 98.8 cm³/mol. The second-order valence-electron chi connectivity index (χ2n) is 7.11. The molecule has 4 nitrogen and oxygen atoms in total. The van der Waals surface area contributed by atoms with Crippen LogP contribution >= 0.6 is 27.3 Å². The van der Waals surface area contributed by atoms with Gasteiger partial charge in [-0.15, -0.1) is 11.3 Å². The van der Waals surface area contributed by atoms with E-state index in [1.807, 2.05) is 20.8 Å². The van der Waals surface area contributed by atoms with Crippen LogP contribution in [0, 0.1) is 5.92 Å². The molecule has 2 rings (SSSR count). The first kappa shape index (κ1) is 18.7. The lowest BCUT2D eigenvalue weighted by atomic mass is 9.84. The van der Waals surface area contributed by atoms with Crippen molar-refractivity contribution in [2.75, 3.05) is 6.54 Å². The summed E-state index contributed by atoms with van der Waals surface area (Å²) >= 11 is 5.35. The number of carbonyl (C=O) groups excluding carboxylic acids is 1. The highest BCUT2D eigenvalue weighted by atomic mass is 79.9. The van der Waals surface area contributed by atoms with Gasteiger partial charge in [-0.2, -0.15) is 0 Å². The summed E-state index contributed by atoms with van der Waals surface area (Å²) in [5.41, 5.74) is -0.445. The van der Waals surface area contributed by atoms with Gasteiger partial charge in [-0.1, -0.05) is 12.8 Å². The maximum Gasteiger partial charge on any atom is 0.407 e. The second kappa shape index (κ2) is 8.49. The summed E-state index contributed by atoms with van der Waals surface area (Å²) in [6.45, 7) is 7.22. The van der Waals surface area contributed by atoms with Crippen LogP contribution in [-0.2, 0) is 11.3 Å². The summed E-state index contributed by atoms with van der Waals surface area (Å²) in [5, 5.41) is 8.71. The minimum Gasteiger partial charge on any atom is -0.444 e. The van der Waals surface area contributed by atoms with Gasteiger partial charge in [0.1, 0.15) is 5.60 Å². The van der Waals surface area contributed by atoms with E-state index >= 15 is 0 Å². The Morgan fingerprint density at radius 1 is 1.39 bits per heavy atom. The molecule has 0 spiro atoms. The molecule has 1 fully saturated rings. The fourth-order valence-electron chi connectivity index (χ4n) is 2.92. The number of alkyl carbamates (subject to hydrolysis) is 1. The van der Waals surface area contributed by atoms with Crippen LogP contribution in [0.4, 0.5) is 4.79 Å². The minimum atomic E-state index is -0.445. The average molecular weight is 403 g/mol. The molecule has 1 saturated carbocycles. The van der Waals surface area contributed by atoms with Crippen LogP contribution in [0.2, 0.25) is 0 Å². The maximum absolute atomic E-state index is 11.8. The highest BCUT2D eigenvalue weighted by molar-refractivity contribution is 9.10. The van der Waals surface area contributed by atoms with Crippen LogP contribution in [0.1, 0.15) is 51.3 Å². The lowest BCUT2D eigenvalue weighted by molar-refractivity contribution is 0.0510. The van der Waals surface area contributed by atoms with Crippen molar-refractivity contribution in [2.45, 2.75) is 64.6 Å². The molecule has 1 aromatic heterocycles. The Bertz CT molecular complexity index is 513. The molecule has 1 aliphatic rings. The summed E-state index contributed by atoms with van der Waals surface area (Å²) in [7, 11) is 0. The third-order valence-corrected chi connectivity index (χ3v) is 5.96. The smallest absolute Gasteiger partial charge is 0.407 e. The number of thiophene rings is 1. The normalized spacial score (nSPS) is 21.9. The molecule has 0 aromatic carbocycles. The van der Waals surface area contributed by atoms with Crippen molar-refractivity contribution in [3.05, 3.63) is 20.8 Å². The van der Waals surface area contributed by atoms with Gasteiger partial charge < -0.3 is 15.4 Å². The van der Waals surface area contributed by atoms with E-state index in [9.17, 15) is 4.79 Å². The zero-order valence-corrected chi connectivity index (χ0v) is 16.6. The van der Waals surface area contributed by atoms with Crippen molar-refractivity contribution < 1.29 is 9.53 Å². The van der Waals surface area contributed by atoms with Crippen molar-refractivity contribution in [2.24, 2.45) is 5.92 Å². The largest absolute Gasteiger partial charge is 0.444 e. The number of ether oxygens (including phenoxy) is 1. The molecule has 0 aliphatic heterocycles. The Morgan fingerprint density at radius 3 is 2.78 bits per heavy atom. The molecule has 1 aromatic rings. The summed E-state index contributed by atoms with van der Waals surface area (Å²) < 4.78 is 6.50. The monoisotopic (exact) mass is 402 g/mol. The quantitative estimate of drug-likeness (QED) is 0.750. The highest BCUT2D eigenvalue weighted by Crippen LogP contribution is 2.26. The van der Waals surface area contributed by atoms with Gasteiger partial charge in [-0.3, -0.25) is 0 Å². The molecular formula is C17H27BrN2O2S. The summed E-state index contributed by atoms with van der Waals surface area (Å²) in [6.07, 6.45) is 4.50. The first-order valence-corrected chi connectivity index (χ1v) is 9.94. The molecule has 23 heavy (non-hydrogen) atoms. The molecule has 1 heterocycles. The fourth-order valence-corrected chi connectivity index (χ4v) is 4.37. The third-order valence-electron chi connectivity index (χ3n) is 4.03. The Hall–Kier alpha value is -0.590. The minimum absolute atomic E-state index is 0.317. The Labute approximate surface area is 151 Å². The molecule has 2 atom stereocenters. The van der Waals surface area contributed by atoms with Gasteiger partial charge in [0.2, 0.25) is 0 Å². The van der Waals surface area contributed by atoms with Crippen LogP contribution < -0.4 is 10.6 Å². The van der Waals surface area contributed by atoms with Crippen LogP contribution in [0.3, 0.4) is 0 Å². The van der Waals surface area contributed by atoms with Gasteiger partial charge in [0.05, 0.1) is 0 Å². The molecule has 1 aliphatic carbocycles. The number of carbonyl (C=O) groups is 1. The summed E-state index contributed by atoms with van der Waals surface area (Å²) in [5.74, 6) is 0.468. The van der Waals surface area contributed by atoms with Gasteiger partial charge in [-0.05, 0) is 66.9 Å². The Morgan fingerprint density at radius 2 is 2.13 bits per heavy atom. The van der Waals surface area contributed by atoms with E-state index in [1.54, 1.807) is 11.3 Å². The van der Waals surface area contributed by atoms with Crippen molar-refractivity contribution in [1.82, 2.24) is 10.6 Å². The molecule has 2 unspecified atom stereocenters. The van der Waals surface area contributed by atoms with Crippen molar-refractivity contribution in [1.29, 1.82) is 0 Å². The average Bonchev–Trinajstić information content (AvgIpc) is 2.87. The van der Waals surface area contributed by atoms with E-state index in [0.717, 1.165) is 13.0 Å².